The SMILES string of the molecule is CN(Cc1cc([N+](=O)[O-])ccc1Cl)C(=O)c1cccc(S(=O)(=O)Nc2ccccc2Cl)c1. The van der Waals surface area contributed by atoms with E-state index in [1.807, 2.05) is 0 Å². The summed E-state index contributed by atoms with van der Waals surface area (Å²) in [5.41, 5.74) is 0.573. The molecule has 3 aromatic rings. The van der Waals surface area contributed by atoms with Crippen molar-refractivity contribution in [3.63, 3.8) is 0 Å². The number of anilines is 1. The first-order valence-corrected chi connectivity index (χ1v) is 11.4. The van der Waals surface area contributed by atoms with Crippen LogP contribution >= 0.6 is 23.2 Å². The lowest BCUT2D eigenvalue weighted by Crippen LogP contribution is -2.26. The number of amides is 1. The molecule has 0 radical (unpaired) electrons. The molecule has 0 saturated heterocycles. The number of sulfonamides is 1. The molecular weight excluding hydrogens is 477 g/mol. The third-order valence-electron chi connectivity index (χ3n) is 4.50. The van der Waals surface area contributed by atoms with E-state index >= 15 is 0 Å². The third-order valence-corrected chi connectivity index (χ3v) is 6.57. The maximum Gasteiger partial charge on any atom is 0.269 e. The first-order valence-electron chi connectivity index (χ1n) is 9.14. The highest BCUT2D eigenvalue weighted by molar-refractivity contribution is 7.92. The maximum atomic E-state index is 12.9. The van der Waals surface area contributed by atoms with Gasteiger partial charge >= 0.3 is 0 Å². The number of nitrogens with one attached hydrogen (secondary N) is 1. The van der Waals surface area contributed by atoms with Gasteiger partial charge in [-0.25, -0.2) is 8.42 Å². The van der Waals surface area contributed by atoms with Crippen molar-refractivity contribution < 1.29 is 18.1 Å². The number of rotatable bonds is 7. The standard InChI is InChI=1S/C21H17Cl2N3O5S/c1-25(13-15-11-16(26(28)29)9-10-18(15)22)21(27)14-5-4-6-17(12-14)32(30,31)24-20-8-3-2-7-19(20)23/h2-12,24H,13H2,1H3. The zero-order chi connectivity index (χ0) is 23.5. The number of hydrogen-bond donors (Lipinski definition) is 1. The molecule has 0 fully saturated rings. The molecule has 3 aromatic carbocycles. The summed E-state index contributed by atoms with van der Waals surface area (Å²) in [6.45, 7) is -0.00576. The fourth-order valence-corrected chi connectivity index (χ4v) is 4.43. The molecule has 0 spiro atoms. The fraction of sp³-hybridized carbons (Fsp3) is 0.0952. The minimum Gasteiger partial charge on any atom is -0.337 e. The first kappa shape index (κ1) is 23.5. The quantitative estimate of drug-likeness (QED) is 0.368. The van der Waals surface area contributed by atoms with Crippen LogP contribution in [0.4, 0.5) is 11.4 Å². The molecule has 0 aliphatic carbocycles. The number of halogens is 2. The average Bonchev–Trinajstić information content (AvgIpc) is 2.76. The van der Waals surface area contributed by atoms with Crippen molar-refractivity contribution in [3.8, 4) is 0 Å². The van der Waals surface area contributed by atoms with Gasteiger partial charge in [-0.05, 0) is 42.0 Å². The van der Waals surface area contributed by atoms with E-state index in [0.717, 1.165) is 0 Å². The molecule has 0 unspecified atom stereocenters. The van der Waals surface area contributed by atoms with E-state index in [2.05, 4.69) is 4.72 Å². The Bertz CT molecular complexity index is 1300. The molecule has 0 aliphatic rings. The molecule has 0 aromatic heterocycles. The van der Waals surface area contributed by atoms with Gasteiger partial charge in [0.25, 0.3) is 21.6 Å². The third kappa shape index (κ3) is 5.37. The Hall–Kier alpha value is -3.14. The summed E-state index contributed by atoms with van der Waals surface area (Å²) >= 11 is 12.1. The zero-order valence-corrected chi connectivity index (χ0v) is 19.0. The lowest BCUT2D eigenvalue weighted by molar-refractivity contribution is -0.384. The fourth-order valence-electron chi connectivity index (χ4n) is 2.89. The maximum absolute atomic E-state index is 12.9. The molecule has 0 saturated carbocycles. The Morgan fingerprint density at radius 3 is 2.44 bits per heavy atom. The summed E-state index contributed by atoms with van der Waals surface area (Å²) in [6.07, 6.45) is 0. The van der Waals surface area contributed by atoms with Crippen LogP contribution in [0.25, 0.3) is 0 Å². The van der Waals surface area contributed by atoms with Crippen molar-refractivity contribution in [1.29, 1.82) is 0 Å². The number of hydrogen-bond acceptors (Lipinski definition) is 5. The van der Waals surface area contributed by atoms with Crippen molar-refractivity contribution >= 4 is 50.5 Å². The van der Waals surface area contributed by atoms with Crippen LogP contribution in [0.2, 0.25) is 10.0 Å². The van der Waals surface area contributed by atoms with Gasteiger partial charge in [-0.2, -0.15) is 0 Å². The lowest BCUT2D eigenvalue weighted by Gasteiger charge is -2.18. The number of carbonyl (C=O) groups is 1. The highest BCUT2D eigenvalue weighted by Crippen LogP contribution is 2.26. The topological polar surface area (TPSA) is 110 Å². The number of para-hydroxylation sites is 1. The van der Waals surface area contributed by atoms with E-state index in [9.17, 15) is 23.3 Å². The molecule has 32 heavy (non-hydrogen) atoms. The Morgan fingerprint density at radius 2 is 1.75 bits per heavy atom. The molecule has 0 heterocycles. The largest absolute Gasteiger partial charge is 0.337 e. The second-order valence-electron chi connectivity index (χ2n) is 6.81. The van der Waals surface area contributed by atoms with Crippen LogP contribution in [-0.2, 0) is 16.6 Å². The normalized spacial score (nSPS) is 11.1. The van der Waals surface area contributed by atoms with Crippen LogP contribution in [0.15, 0.2) is 71.6 Å². The molecule has 8 nitrogen and oxygen atoms in total. The van der Waals surface area contributed by atoms with Crippen molar-refractivity contribution in [1.82, 2.24) is 4.90 Å². The van der Waals surface area contributed by atoms with Gasteiger partial charge in [0.2, 0.25) is 0 Å². The van der Waals surface area contributed by atoms with E-state index in [0.29, 0.717) is 5.56 Å². The summed E-state index contributed by atoms with van der Waals surface area (Å²) in [4.78, 5) is 24.5. The van der Waals surface area contributed by atoms with E-state index in [1.165, 1.54) is 60.5 Å². The zero-order valence-electron chi connectivity index (χ0n) is 16.7. The Morgan fingerprint density at radius 1 is 1.03 bits per heavy atom. The van der Waals surface area contributed by atoms with Gasteiger partial charge in [-0.3, -0.25) is 19.6 Å². The van der Waals surface area contributed by atoms with E-state index < -0.39 is 20.9 Å². The monoisotopic (exact) mass is 493 g/mol. The summed E-state index contributed by atoms with van der Waals surface area (Å²) in [5.74, 6) is -0.484. The van der Waals surface area contributed by atoms with Gasteiger partial charge in [0.05, 0.1) is 20.5 Å². The summed E-state index contributed by atoms with van der Waals surface area (Å²) in [7, 11) is -2.51. The minimum atomic E-state index is -4.00. The lowest BCUT2D eigenvalue weighted by atomic mass is 10.1. The van der Waals surface area contributed by atoms with Crippen molar-refractivity contribution in [3.05, 3.63) is 98.0 Å². The van der Waals surface area contributed by atoms with Crippen LogP contribution in [0.3, 0.4) is 0 Å². The smallest absolute Gasteiger partial charge is 0.269 e. The molecule has 0 bridgehead atoms. The van der Waals surface area contributed by atoms with Crippen LogP contribution < -0.4 is 4.72 Å². The Balaban J connectivity index is 1.83. The van der Waals surface area contributed by atoms with Gasteiger partial charge in [-0.15, -0.1) is 0 Å². The summed E-state index contributed by atoms with van der Waals surface area (Å²) < 4.78 is 27.9. The predicted molar refractivity (Wildman–Crippen MR) is 123 cm³/mol. The number of nitro benzene ring substituents is 1. The van der Waals surface area contributed by atoms with Crippen molar-refractivity contribution in [2.45, 2.75) is 11.4 Å². The molecule has 1 amide bonds. The number of nitrogens with zero attached hydrogens (tertiary/aromatic N) is 2. The molecule has 166 valence electrons. The Labute approximate surface area is 194 Å². The van der Waals surface area contributed by atoms with Gasteiger partial charge in [0.1, 0.15) is 0 Å². The van der Waals surface area contributed by atoms with Crippen LogP contribution in [0.1, 0.15) is 15.9 Å². The number of carbonyl (C=O) groups excluding carboxylic acids is 1. The molecule has 0 atom stereocenters. The van der Waals surface area contributed by atoms with E-state index in [4.69, 9.17) is 23.2 Å². The van der Waals surface area contributed by atoms with Crippen LogP contribution in [0, 0.1) is 10.1 Å². The van der Waals surface area contributed by atoms with Crippen molar-refractivity contribution in [2.24, 2.45) is 0 Å². The highest BCUT2D eigenvalue weighted by Gasteiger charge is 2.20. The Kier molecular flexibility index (Phi) is 7.02. The second kappa shape index (κ2) is 9.56. The second-order valence-corrected chi connectivity index (χ2v) is 9.30. The highest BCUT2D eigenvalue weighted by atomic mass is 35.5. The summed E-state index contributed by atoms with van der Waals surface area (Å²) in [6, 6.07) is 15.8. The number of nitro groups is 1. The first-order chi connectivity index (χ1) is 15.1. The molecule has 3 rings (SSSR count). The van der Waals surface area contributed by atoms with E-state index in [-0.39, 0.29) is 38.4 Å². The van der Waals surface area contributed by atoms with Gasteiger partial charge in [0, 0.05) is 36.3 Å². The number of benzene rings is 3. The molecule has 11 heteroatoms. The van der Waals surface area contributed by atoms with Gasteiger partial charge in [-0.1, -0.05) is 41.4 Å². The van der Waals surface area contributed by atoms with Crippen LogP contribution in [-0.4, -0.2) is 31.2 Å². The van der Waals surface area contributed by atoms with E-state index in [1.54, 1.807) is 18.2 Å². The predicted octanol–water partition coefficient (Wildman–Crippen LogP) is 4.97. The van der Waals surface area contributed by atoms with Crippen LogP contribution in [0.5, 0.6) is 0 Å². The number of non-ortho nitro benzene ring substituents is 1. The van der Waals surface area contributed by atoms with Gasteiger partial charge < -0.3 is 4.90 Å². The molecular formula is C21H17Cl2N3O5S. The molecule has 0 aliphatic heterocycles. The summed E-state index contributed by atoms with van der Waals surface area (Å²) in [5, 5.41) is 11.5. The molecule has 1 N–H and O–H groups in total. The average molecular weight is 494 g/mol. The van der Waals surface area contributed by atoms with Gasteiger partial charge in [0.15, 0.2) is 0 Å². The van der Waals surface area contributed by atoms with Crippen molar-refractivity contribution in [2.75, 3.05) is 11.8 Å². The minimum absolute atomic E-state index is 0.00576.